The maximum atomic E-state index is 13.6. The Kier molecular flexibility index (Phi) is 6.80. The molecule has 0 N–H and O–H groups in total. The summed E-state index contributed by atoms with van der Waals surface area (Å²) in [6, 6.07) is 14.9. The number of halogens is 1. The first-order chi connectivity index (χ1) is 14.8. The zero-order valence-electron chi connectivity index (χ0n) is 17.8. The molecule has 5 nitrogen and oxygen atoms in total. The van der Waals surface area contributed by atoms with Crippen LogP contribution in [0.2, 0.25) is 0 Å². The van der Waals surface area contributed by atoms with Gasteiger partial charge in [0, 0.05) is 34.6 Å². The lowest BCUT2D eigenvalue weighted by Gasteiger charge is -2.10. The number of hydrogen-bond acceptors (Lipinski definition) is 4. The lowest BCUT2D eigenvalue weighted by molar-refractivity contribution is -0.142. The Labute approximate surface area is 180 Å². The van der Waals surface area contributed by atoms with Crippen molar-refractivity contribution in [1.82, 2.24) is 4.57 Å². The molecular formula is C25H24FNO4. The average molecular weight is 421 g/mol. The molecule has 0 atom stereocenters. The van der Waals surface area contributed by atoms with E-state index in [4.69, 9.17) is 4.74 Å². The highest BCUT2D eigenvalue weighted by atomic mass is 19.1. The molecule has 0 aliphatic rings. The number of nitrogens with zero attached hydrogens (tertiary/aromatic N) is 1. The summed E-state index contributed by atoms with van der Waals surface area (Å²) in [5.41, 5.74) is 4.01. The molecule has 0 spiro atoms. The Balaban J connectivity index is 1.58. The van der Waals surface area contributed by atoms with Gasteiger partial charge in [-0.15, -0.1) is 0 Å². The fourth-order valence-corrected chi connectivity index (χ4v) is 3.45. The lowest BCUT2D eigenvalue weighted by Crippen LogP contribution is -2.15. The number of benzene rings is 2. The highest BCUT2D eigenvalue weighted by molar-refractivity contribution is 6.00. The second kappa shape index (κ2) is 9.51. The predicted octanol–water partition coefficient (Wildman–Crippen LogP) is 4.93. The third kappa shape index (κ3) is 5.34. The summed E-state index contributed by atoms with van der Waals surface area (Å²) < 4.78 is 20.4. The zero-order valence-corrected chi connectivity index (χ0v) is 17.8. The van der Waals surface area contributed by atoms with Gasteiger partial charge in [0.15, 0.2) is 12.4 Å². The lowest BCUT2D eigenvalue weighted by atomic mass is 10.1. The van der Waals surface area contributed by atoms with E-state index in [1.54, 1.807) is 41.8 Å². The van der Waals surface area contributed by atoms with Crippen LogP contribution in [0.25, 0.3) is 5.69 Å². The summed E-state index contributed by atoms with van der Waals surface area (Å²) in [4.78, 5) is 36.8. The molecule has 1 heterocycles. The minimum Gasteiger partial charge on any atom is -0.457 e. The van der Waals surface area contributed by atoms with Crippen LogP contribution >= 0.6 is 0 Å². The van der Waals surface area contributed by atoms with E-state index in [2.05, 4.69) is 0 Å². The molecule has 3 aromatic rings. The van der Waals surface area contributed by atoms with Gasteiger partial charge in [0.05, 0.1) is 6.42 Å². The molecule has 31 heavy (non-hydrogen) atoms. The molecule has 0 unspecified atom stereocenters. The first-order valence-corrected chi connectivity index (χ1v) is 10.00. The number of rotatable bonds is 8. The molecule has 1 aromatic heterocycles. The molecule has 0 amide bonds. The maximum absolute atomic E-state index is 13.6. The van der Waals surface area contributed by atoms with E-state index in [0.717, 1.165) is 11.3 Å². The number of hydrogen-bond donors (Lipinski definition) is 0. The fraction of sp³-hybridized carbons (Fsp3) is 0.240. The van der Waals surface area contributed by atoms with E-state index in [9.17, 15) is 18.8 Å². The number of esters is 1. The van der Waals surface area contributed by atoms with Crippen molar-refractivity contribution in [3.05, 3.63) is 88.5 Å². The molecule has 0 aliphatic heterocycles. The Morgan fingerprint density at radius 3 is 2.29 bits per heavy atom. The van der Waals surface area contributed by atoms with Crippen LogP contribution in [0.15, 0.2) is 54.6 Å². The predicted molar refractivity (Wildman–Crippen MR) is 115 cm³/mol. The van der Waals surface area contributed by atoms with Gasteiger partial charge in [-0.05, 0) is 45.0 Å². The Morgan fingerprint density at radius 2 is 1.61 bits per heavy atom. The molecular weight excluding hydrogens is 397 g/mol. The van der Waals surface area contributed by atoms with Crippen LogP contribution < -0.4 is 0 Å². The van der Waals surface area contributed by atoms with Gasteiger partial charge in [-0.2, -0.15) is 0 Å². The van der Waals surface area contributed by atoms with Crippen molar-refractivity contribution in [3.63, 3.8) is 0 Å². The molecule has 3 rings (SSSR count). The number of ketones is 2. The summed E-state index contributed by atoms with van der Waals surface area (Å²) in [5, 5.41) is 0. The van der Waals surface area contributed by atoms with Crippen LogP contribution in [-0.4, -0.2) is 28.7 Å². The van der Waals surface area contributed by atoms with Gasteiger partial charge in [0.25, 0.3) is 0 Å². The molecule has 6 heteroatoms. The van der Waals surface area contributed by atoms with E-state index in [1.165, 1.54) is 12.1 Å². The Hall–Kier alpha value is -3.54. The van der Waals surface area contributed by atoms with Crippen molar-refractivity contribution in [3.8, 4) is 5.69 Å². The maximum Gasteiger partial charge on any atom is 0.306 e. The van der Waals surface area contributed by atoms with E-state index in [0.29, 0.717) is 22.5 Å². The van der Waals surface area contributed by atoms with Crippen LogP contribution in [-0.2, 0) is 9.53 Å². The molecule has 2 aromatic carbocycles. The first-order valence-electron chi connectivity index (χ1n) is 10.00. The topological polar surface area (TPSA) is 65.4 Å². The van der Waals surface area contributed by atoms with Gasteiger partial charge in [-0.1, -0.05) is 35.9 Å². The fourth-order valence-electron chi connectivity index (χ4n) is 3.45. The van der Waals surface area contributed by atoms with Crippen molar-refractivity contribution in [1.29, 1.82) is 0 Å². The highest BCUT2D eigenvalue weighted by Crippen LogP contribution is 2.22. The molecule has 160 valence electrons. The van der Waals surface area contributed by atoms with Crippen LogP contribution in [0.1, 0.15) is 50.5 Å². The van der Waals surface area contributed by atoms with Gasteiger partial charge in [0.1, 0.15) is 5.82 Å². The second-order valence-electron chi connectivity index (χ2n) is 7.47. The number of Topliss-reactive ketones (excluding diaryl/α,β-unsaturated/α-hetero) is 2. The molecule has 0 fully saturated rings. The van der Waals surface area contributed by atoms with Gasteiger partial charge >= 0.3 is 5.97 Å². The van der Waals surface area contributed by atoms with E-state index < -0.39 is 12.6 Å². The number of carbonyl (C=O) groups is 3. The molecule has 0 saturated heterocycles. The van der Waals surface area contributed by atoms with Gasteiger partial charge in [-0.25, -0.2) is 4.39 Å². The van der Waals surface area contributed by atoms with Crippen molar-refractivity contribution >= 4 is 17.5 Å². The smallest absolute Gasteiger partial charge is 0.306 e. The van der Waals surface area contributed by atoms with Crippen molar-refractivity contribution in [2.24, 2.45) is 0 Å². The van der Waals surface area contributed by atoms with E-state index in [1.807, 2.05) is 26.0 Å². The average Bonchev–Trinajstić information content (AvgIpc) is 3.04. The monoisotopic (exact) mass is 421 g/mol. The van der Waals surface area contributed by atoms with Crippen molar-refractivity contribution in [2.75, 3.05) is 6.61 Å². The van der Waals surface area contributed by atoms with Gasteiger partial charge in [-0.3, -0.25) is 14.4 Å². The summed E-state index contributed by atoms with van der Waals surface area (Å²) in [5.74, 6) is -1.48. The van der Waals surface area contributed by atoms with Gasteiger partial charge < -0.3 is 9.30 Å². The van der Waals surface area contributed by atoms with Gasteiger partial charge in [0.2, 0.25) is 5.78 Å². The SMILES string of the molecule is Cc1ccc(C(=O)CCC(=O)OCC(=O)c2cc(C)n(-c3cccc(F)c3)c2C)cc1. The first kappa shape index (κ1) is 22.2. The minimum atomic E-state index is -0.604. The number of aromatic nitrogens is 1. The minimum absolute atomic E-state index is 0.0180. The number of aryl methyl sites for hydroxylation is 2. The molecule has 0 bridgehead atoms. The Morgan fingerprint density at radius 1 is 0.903 bits per heavy atom. The molecule has 0 saturated carbocycles. The Bertz CT molecular complexity index is 1130. The summed E-state index contributed by atoms with van der Waals surface area (Å²) in [6.07, 6.45) is -0.0769. The van der Waals surface area contributed by atoms with Crippen molar-refractivity contribution < 1.29 is 23.5 Å². The summed E-state index contributed by atoms with van der Waals surface area (Å²) in [6.45, 7) is 5.09. The normalized spacial score (nSPS) is 10.7. The van der Waals surface area contributed by atoms with E-state index in [-0.39, 0.29) is 30.2 Å². The molecule has 0 radical (unpaired) electrons. The van der Waals surface area contributed by atoms with Crippen molar-refractivity contribution in [2.45, 2.75) is 33.6 Å². The highest BCUT2D eigenvalue weighted by Gasteiger charge is 2.19. The number of carbonyl (C=O) groups excluding carboxylic acids is 3. The zero-order chi connectivity index (χ0) is 22.5. The standard InChI is InChI=1S/C25H24FNO4/c1-16-7-9-19(10-8-16)23(28)11-12-25(30)31-15-24(29)22-13-17(2)27(18(22)3)21-6-4-5-20(26)14-21/h4-10,13-14H,11-12,15H2,1-3H3. The van der Waals surface area contributed by atoms with Crippen LogP contribution in [0.3, 0.4) is 0 Å². The summed E-state index contributed by atoms with van der Waals surface area (Å²) >= 11 is 0. The van der Waals surface area contributed by atoms with Crippen LogP contribution in [0.4, 0.5) is 4.39 Å². The quantitative estimate of drug-likeness (QED) is 0.382. The second-order valence-corrected chi connectivity index (χ2v) is 7.47. The third-order valence-corrected chi connectivity index (χ3v) is 5.09. The van der Waals surface area contributed by atoms with E-state index >= 15 is 0 Å². The third-order valence-electron chi connectivity index (χ3n) is 5.09. The largest absolute Gasteiger partial charge is 0.457 e. The number of ether oxygens (including phenoxy) is 1. The van der Waals surface area contributed by atoms with Crippen LogP contribution in [0, 0.1) is 26.6 Å². The summed E-state index contributed by atoms with van der Waals surface area (Å²) in [7, 11) is 0. The van der Waals surface area contributed by atoms with Crippen LogP contribution in [0.5, 0.6) is 0 Å². The molecule has 0 aliphatic carbocycles.